The highest BCUT2D eigenvalue weighted by atomic mass is 16.4. The Hall–Kier alpha value is -4.99. The topological polar surface area (TPSA) is 146 Å². The van der Waals surface area contributed by atoms with Crippen molar-refractivity contribution in [2.75, 3.05) is 4.90 Å². The highest BCUT2D eigenvalue weighted by Gasteiger charge is 2.51. The quantitative estimate of drug-likeness (QED) is 0.243. The van der Waals surface area contributed by atoms with E-state index in [1.54, 1.807) is 36.6 Å². The molecule has 0 radical (unpaired) electrons. The number of carbonyl (C=O) groups is 5. The van der Waals surface area contributed by atoms with E-state index in [0.717, 1.165) is 28.7 Å². The zero-order valence-corrected chi connectivity index (χ0v) is 25.0. The number of nitrogens with one attached hydrogen (secondary N) is 1. The number of aromatic carboxylic acids is 2. The Morgan fingerprint density at radius 2 is 1.38 bits per heavy atom. The van der Waals surface area contributed by atoms with Crippen LogP contribution in [0.3, 0.4) is 0 Å². The van der Waals surface area contributed by atoms with Crippen LogP contribution in [0.4, 0.5) is 10.5 Å². The third-order valence-corrected chi connectivity index (χ3v) is 10.3. The smallest absolute Gasteiger partial charge is 0.335 e. The van der Waals surface area contributed by atoms with E-state index in [0.29, 0.717) is 28.3 Å². The normalized spacial score (nSPS) is 26.4. The lowest BCUT2D eigenvalue weighted by Gasteiger charge is -2.57. The first-order chi connectivity index (χ1) is 21.4. The number of urea groups is 1. The average Bonchev–Trinajstić information content (AvgIpc) is 3.26. The lowest BCUT2D eigenvalue weighted by molar-refractivity contribution is -0.122. The van der Waals surface area contributed by atoms with Gasteiger partial charge in [-0.25, -0.2) is 19.3 Å². The van der Waals surface area contributed by atoms with Gasteiger partial charge in [-0.15, -0.1) is 0 Å². The number of hydrogen-bond donors (Lipinski definition) is 3. The standard InChI is InChI=1S/C35H33N3O7/c1-18-7-23(19(2)37(18)28-12-24(32(41)42)11-25(13-28)33(43)44)14-29-30(39)36-34(45)38(31(29)40)27-5-3-26(4-6-27)35-15-20-8-21(16-35)10-22(9-20)17-35/h3-7,11-14,20-22H,8-10,15-17H2,1-2H3,(H,41,42)(H,43,44)(H,36,39,45)/b29-14+. The third-order valence-electron chi connectivity index (χ3n) is 10.3. The van der Waals surface area contributed by atoms with E-state index >= 15 is 0 Å². The van der Waals surface area contributed by atoms with Crippen molar-refractivity contribution >= 4 is 41.5 Å². The van der Waals surface area contributed by atoms with E-state index in [-0.39, 0.29) is 22.1 Å². The summed E-state index contributed by atoms with van der Waals surface area (Å²) in [4.78, 5) is 63.9. The van der Waals surface area contributed by atoms with Gasteiger partial charge in [0.15, 0.2) is 0 Å². The largest absolute Gasteiger partial charge is 0.478 e. The minimum atomic E-state index is -1.27. The number of carboxylic acid groups (broad SMARTS) is 2. The van der Waals surface area contributed by atoms with Gasteiger partial charge in [0, 0.05) is 17.1 Å². The molecule has 5 aliphatic rings. The molecule has 4 saturated carbocycles. The minimum Gasteiger partial charge on any atom is -0.478 e. The molecule has 4 aliphatic carbocycles. The van der Waals surface area contributed by atoms with E-state index in [9.17, 15) is 34.2 Å². The van der Waals surface area contributed by atoms with E-state index in [1.807, 2.05) is 12.1 Å². The molecule has 4 amide bonds. The van der Waals surface area contributed by atoms with Crippen LogP contribution in [0.15, 0.2) is 54.1 Å². The fourth-order valence-electron chi connectivity index (χ4n) is 8.79. The second-order valence-electron chi connectivity index (χ2n) is 13.2. The van der Waals surface area contributed by atoms with Crippen molar-refractivity contribution in [2.45, 2.75) is 57.8 Å². The minimum absolute atomic E-state index is 0.167. The molecule has 45 heavy (non-hydrogen) atoms. The van der Waals surface area contributed by atoms with Crippen LogP contribution < -0.4 is 10.2 Å². The lowest BCUT2D eigenvalue weighted by atomic mass is 9.48. The van der Waals surface area contributed by atoms with Gasteiger partial charge in [-0.3, -0.25) is 14.9 Å². The Bertz CT molecular complexity index is 1780. The van der Waals surface area contributed by atoms with Crippen LogP contribution in [-0.4, -0.2) is 44.6 Å². The molecule has 0 unspecified atom stereocenters. The van der Waals surface area contributed by atoms with Gasteiger partial charge < -0.3 is 14.8 Å². The summed E-state index contributed by atoms with van der Waals surface area (Å²) in [5, 5.41) is 21.3. The highest BCUT2D eigenvalue weighted by molar-refractivity contribution is 6.39. The molecule has 5 fully saturated rings. The fourth-order valence-corrected chi connectivity index (χ4v) is 8.79. The molecular weight excluding hydrogens is 574 g/mol. The van der Waals surface area contributed by atoms with Crippen molar-refractivity contribution in [3.8, 4) is 5.69 Å². The number of aromatic nitrogens is 1. The molecule has 4 bridgehead atoms. The Labute approximate surface area is 259 Å². The summed E-state index contributed by atoms with van der Waals surface area (Å²) >= 11 is 0. The molecule has 3 N–H and O–H groups in total. The van der Waals surface area contributed by atoms with Gasteiger partial charge >= 0.3 is 18.0 Å². The Kier molecular flexibility index (Phi) is 6.58. The zero-order valence-electron chi connectivity index (χ0n) is 25.0. The van der Waals surface area contributed by atoms with Crippen molar-refractivity contribution in [3.63, 3.8) is 0 Å². The summed E-state index contributed by atoms with van der Waals surface area (Å²) in [6, 6.07) is 12.3. The molecule has 2 heterocycles. The number of benzene rings is 2. The van der Waals surface area contributed by atoms with Gasteiger partial charge in [0.2, 0.25) is 0 Å². The second kappa shape index (κ2) is 10.3. The number of anilines is 1. The number of rotatable bonds is 6. The monoisotopic (exact) mass is 607 g/mol. The van der Waals surface area contributed by atoms with E-state index in [1.165, 1.54) is 62.3 Å². The molecule has 1 saturated heterocycles. The number of imide groups is 2. The third kappa shape index (κ3) is 4.75. The van der Waals surface area contributed by atoms with Gasteiger partial charge in [0.25, 0.3) is 11.8 Å². The first-order valence-corrected chi connectivity index (χ1v) is 15.3. The molecule has 8 rings (SSSR count). The summed E-state index contributed by atoms with van der Waals surface area (Å²) in [6.07, 6.45) is 8.99. The molecule has 1 aliphatic heterocycles. The van der Waals surface area contributed by atoms with Crippen molar-refractivity contribution in [2.24, 2.45) is 17.8 Å². The van der Waals surface area contributed by atoms with Crippen LogP contribution in [0.25, 0.3) is 11.8 Å². The summed E-state index contributed by atoms with van der Waals surface area (Å²) < 4.78 is 1.66. The maximum Gasteiger partial charge on any atom is 0.335 e. The predicted octanol–water partition coefficient (Wildman–Crippen LogP) is 5.62. The number of hydrogen-bond acceptors (Lipinski definition) is 5. The Morgan fingerprint density at radius 1 is 0.822 bits per heavy atom. The number of barbiturate groups is 1. The van der Waals surface area contributed by atoms with Gasteiger partial charge in [0.05, 0.1) is 16.8 Å². The zero-order chi connectivity index (χ0) is 31.8. The number of aryl methyl sites for hydroxylation is 1. The summed E-state index contributed by atoms with van der Waals surface area (Å²) in [6.45, 7) is 3.46. The van der Waals surface area contributed by atoms with Gasteiger partial charge in [-0.2, -0.15) is 0 Å². The van der Waals surface area contributed by atoms with Crippen LogP contribution in [-0.2, 0) is 15.0 Å². The van der Waals surface area contributed by atoms with Gasteiger partial charge in [-0.05, 0) is 129 Å². The van der Waals surface area contributed by atoms with Crippen LogP contribution in [0.5, 0.6) is 0 Å². The van der Waals surface area contributed by atoms with Crippen LogP contribution in [0, 0.1) is 31.6 Å². The molecule has 0 atom stereocenters. The molecule has 10 heteroatoms. The molecular formula is C35H33N3O7. The predicted molar refractivity (Wildman–Crippen MR) is 164 cm³/mol. The lowest BCUT2D eigenvalue weighted by Crippen LogP contribution is -2.54. The highest BCUT2D eigenvalue weighted by Crippen LogP contribution is 2.60. The van der Waals surface area contributed by atoms with E-state index in [2.05, 4.69) is 5.32 Å². The average molecular weight is 608 g/mol. The molecule has 1 aromatic heterocycles. The maximum absolute atomic E-state index is 13.7. The van der Waals surface area contributed by atoms with Crippen LogP contribution in [0.1, 0.15) is 81.8 Å². The number of carboxylic acids is 2. The van der Waals surface area contributed by atoms with Crippen LogP contribution >= 0.6 is 0 Å². The number of nitrogens with zero attached hydrogens (tertiary/aromatic N) is 2. The SMILES string of the molecule is Cc1cc(/C=C2\C(=O)NC(=O)N(c3ccc(C45CC6CC(CC(C6)C4)C5)cc3)C2=O)c(C)n1-c1cc(C(=O)O)cc(C(=O)O)c1. The molecule has 2 aromatic carbocycles. The number of amides is 4. The number of carbonyl (C=O) groups excluding carboxylic acids is 3. The fraction of sp³-hybridized carbons (Fsp3) is 0.343. The molecule has 10 nitrogen and oxygen atoms in total. The first kappa shape index (κ1) is 28.8. The first-order valence-electron chi connectivity index (χ1n) is 15.3. The van der Waals surface area contributed by atoms with E-state index < -0.39 is 29.8 Å². The molecule has 230 valence electrons. The summed E-state index contributed by atoms with van der Waals surface area (Å²) in [5.74, 6) is -1.77. The van der Waals surface area contributed by atoms with Crippen molar-refractivity contribution in [3.05, 3.63) is 87.7 Å². The molecule has 0 spiro atoms. The molecule has 3 aromatic rings. The van der Waals surface area contributed by atoms with Gasteiger partial charge in [0.1, 0.15) is 5.57 Å². The van der Waals surface area contributed by atoms with E-state index in [4.69, 9.17) is 0 Å². The Balaban J connectivity index is 1.20. The summed E-state index contributed by atoms with van der Waals surface area (Å²) in [7, 11) is 0. The van der Waals surface area contributed by atoms with Crippen molar-refractivity contribution < 1.29 is 34.2 Å². The van der Waals surface area contributed by atoms with Gasteiger partial charge in [-0.1, -0.05) is 12.1 Å². The van der Waals surface area contributed by atoms with Crippen molar-refractivity contribution in [1.82, 2.24) is 9.88 Å². The Morgan fingerprint density at radius 3 is 1.91 bits per heavy atom. The van der Waals surface area contributed by atoms with Crippen molar-refractivity contribution in [1.29, 1.82) is 0 Å². The van der Waals surface area contributed by atoms with Crippen LogP contribution in [0.2, 0.25) is 0 Å². The summed E-state index contributed by atoms with van der Waals surface area (Å²) in [5.41, 5.74) is 3.14. The maximum atomic E-state index is 13.7. The second-order valence-corrected chi connectivity index (χ2v) is 13.2.